The molecule has 0 atom stereocenters. The largest absolute Gasteiger partial charge is 0.490 e. The molecule has 0 aliphatic rings. The molecular weight excluding hydrogens is 398 g/mol. The van der Waals surface area contributed by atoms with E-state index in [-0.39, 0.29) is 30.9 Å². The van der Waals surface area contributed by atoms with Crippen molar-refractivity contribution in [2.75, 3.05) is 20.3 Å². The van der Waals surface area contributed by atoms with Gasteiger partial charge in [-0.15, -0.1) is 0 Å². The number of aromatic nitrogens is 2. The monoisotopic (exact) mass is 425 g/mol. The minimum absolute atomic E-state index is 0.0510. The Hall–Kier alpha value is -3.68. The molecule has 1 aromatic carbocycles. The number of allylic oxidation sites excluding steroid dienone is 3. The van der Waals surface area contributed by atoms with Crippen LogP contribution in [0.3, 0.4) is 0 Å². The Balaban J connectivity index is 2.35. The van der Waals surface area contributed by atoms with E-state index in [1.165, 1.54) is 21.0 Å². The fourth-order valence-electron chi connectivity index (χ4n) is 2.74. The zero-order valence-corrected chi connectivity index (χ0v) is 18.4. The normalized spacial score (nSPS) is 11.8. The van der Waals surface area contributed by atoms with Crippen molar-refractivity contribution in [1.82, 2.24) is 9.78 Å². The van der Waals surface area contributed by atoms with Gasteiger partial charge in [0.2, 0.25) is 5.90 Å². The van der Waals surface area contributed by atoms with Crippen LogP contribution in [-0.4, -0.2) is 47.8 Å². The van der Waals surface area contributed by atoms with E-state index in [1.54, 1.807) is 35.9 Å². The van der Waals surface area contributed by atoms with Gasteiger partial charge in [-0.05, 0) is 50.3 Å². The predicted octanol–water partition coefficient (Wildman–Crippen LogP) is 4.13. The smallest absolute Gasteiger partial charge is 0.302 e. The Morgan fingerprint density at radius 1 is 1.13 bits per heavy atom. The van der Waals surface area contributed by atoms with Crippen molar-refractivity contribution < 1.29 is 23.8 Å². The van der Waals surface area contributed by atoms with Crippen LogP contribution in [0.25, 0.3) is 17.0 Å². The first-order valence-electron chi connectivity index (χ1n) is 9.72. The number of hydrogen-bond donors (Lipinski definition) is 1. The Labute approximate surface area is 181 Å². The van der Waals surface area contributed by atoms with E-state index in [4.69, 9.17) is 19.6 Å². The third-order valence-corrected chi connectivity index (χ3v) is 4.34. The van der Waals surface area contributed by atoms with Crippen molar-refractivity contribution in [2.45, 2.75) is 27.7 Å². The van der Waals surface area contributed by atoms with Gasteiger partial charge >= 0.3 is 5.97 Å². The van der Waals surface area contributed by atoms with Crippen molar-refractivity contribution in [1.29, 1.82) is 5.41 Å². The number of rotatable bonds is 9. The highest BCUT2D eigenvalue weighted by atomic mass is 16.6. The first-order valence-corrected chi connectivity index (χ1v) is 9.72. The summed E-state index contributed by atoms with van der Waals surface area (Å²) in [7, 11) is 1.44. The Morgan fingerprint density at radius 3 is 2.35 bits per heavy atom. The van der Waals surface area contributed by atoms with Gasteiger partial charge in [-0.25, -0.2) is 4.68 Å². The van der Waals surface area contributed by atoms with Crippen LogP contribution in [0.1, 0.15) is 38.2 Å². The zero-order chi connectivity index (χ0) is 23.0. The van der Waals surface area contributed by atoms with Gasteiger partial charge in [-0.2, -0.15) is 5.10 Å². The lowest BCUT2D eigenvalue weighted by Gasteiger charge is -2.11. The molecule has 1 N–H and O–H groups in total. The lowest BCUT2D eigenvalue weighted by molar-refractivity contribution is -0.141. The average molecular weight is 425 g/mol. The summed E-state index contributed by atoms with van der Waals surface area (Å²) in [5.74, 6) is 0.184. The van der Waals surface area contributed by atoms with Crippen LogP contribution >= 0.6 is 0 Å². The third kappa shape index (κ3) is 6.40. The maximum atomic E-state index is 12.0. The second-order valence-corrected chi connectivity index (χ2v) is 6.67. The van der Waals surface area contributed by atoms with Gasteiger partial charge in [0.05, 0.1) is 18.5 Å². The molecule has 0 fully saturated rings. The zero-order valence-electron chi connectivity index (χ0n) is 18.4. The van der Waals surface area contributed by atoms with Crippen molar-refractivity contribution >= 4 is 23.3 Å². The Bertz CT molecular complexity index is 1020. The number of nitrogens with zero attached hydrogens (tertiary/aromatic N) is 2. The average Bonchev–Trinajstić information content (AvgIpc) is 3.20. The third-order valence-electron chi connectivity index (χ3n) is 4.34. The highest BCUT2D eigenvalue weighted by Gasteiger charge is 2.15. The van der Waals surface area contributed by atoms with Crippen LogP contribution in [0.2, 0.25) is 0 Å². The number of hydrogen-bond acceptors (Lipinski definition) is 7. The summed E-state index contributed by atoms with van der Waals surface area (Å²) in [5.41, 5.74) is 3.21. The molecule has 0 saturated carbocycles. The molecule has 0 unspecified atom stereocenters. The van der Waals surface area contributed by atoms with Crippen LogP contribution < -0.4 is 4.74 Å². The van der Waals surface area contributed by atoms with E-state index < -0.39 is 0 Å². The summed E-state index contributed by atoms with van der Waals surface area (Å²) >= 11 is 0. The summed E-state index contributed by atoms with van der Waals surface area (Å²) in [6.07, 6.45) is 3.62. The van der Waals surface area contributed by atoms with Crippen molar-refractivity contribution in [3.63, 3.8) is 0 Å². The van der Waals surface area contributed by atoms with E-state index in [9.17, 15) is 9.59 Å². The molecule has 0 amide bonds. The van der Waals surface area contributed by atoms with Gasteiger partial charge < -0.3 is 14.2 Å². The number of Topliss-reactive ketones (excluding diaryl/α,β-unsaturated/α-hetero) is 1. The highest BCUT2D eigenvalue weighted by molar-refractivity contribution is 5.94. The fraction of sp³-hybridized carbons (Fsp3) is 0.304. The van der Waals surface area contributed by atoms with Crippen LogP contribution in [0.5, 0.6) is 5.75 Å². The minimum Gasteiger partial charge on any atom is -0.490 e. The molecule has 1 heterocycles. The lowest BCUT2D eigenvalue weighted by atomic mass is 10.1. The summed E-state index contributed by atoms with van der Waals surface area (Å²) < 4.78 is 17.1. The van der Waals surface area contributed by atoms with Gasteiger partial charge in [0, 0.05) is 25.0 Å². The van der Waals surface area contributed by atoms with Crippen LogP contribution in [-0.2, 0) is 14.3 Å². The molecule has 8 nitrogen and oxygen atoms in total. The number of ketones is 1. The molecule has 0 bridgehead atoms. The minimum atomic E-state index is -0.349. The van der Waals surface area contributed by atoms with Crippen LogP contribution in [0.4, 0.5) is 0 Å². The van der Waals surface area contributed by atoms with Crippen LogP contribution in [0, 0.1) is 5.41 Å². The number of esters is 1. The van der Waals surface area contributed by atoms with Gasteiger partial charge in [0.25, 0.3) is 0 Å². The first kappa shape index (κ1) is 23.6. The van der Waals surface area contributed by atoms with Gasteiger partial charge in [-0.3, -0.25) is 15.0 Å². The van der Waals surface area contributed by atoms with Gasteiger partial charge in [0.15, 0.2) is 5.78 Å². The number of methoxy groups -OCH3 is 1. The second kappa shape index (κ2) is 10.9. The summed E-state index contributed by atoms with van der Waals surface area (Å²) in [6.45, 7) is 6.87. The molecule has 2 rings (SSSR count). The lowest BCUT2D eigenvalue weighted by Crippen LogP contribution is -2.09. The summed E-state index contributed by atoms with van der Waals surface area (Å²) in [6, 6.07) is 9.04. The topological polar surface area (TPSA) is 104 Å². The first-order chi connectivity index (χ1) is 14.8. The molecule has 164 valence electrons. The fourth-order valence-corrected chi connectivity index (χ4v) is 2.74. The molecule has 1 aromatic heterocycles. The van der Waals surface area contributed by atoms with Crippen molar-refractivity contribution in [3.05, 3.63) is 53.8 Å². The maximum absolute atomic E-state index is 12.0. The second-order valence-electron chi connectivity index (χ2n) is 6.67. The number of ether oxygens (including phenoxy) is 3. The van der Waals surface area contributed by atoms with E-state index in [0.29, 0.717) is 22.7 Å². The summed E-state index contributed by atoms with van der Waals surface area (Å²) in [4.78, 5) is 22.8. The molecule has 0 radical (unpaired) electrons. The van der Waals surface area contributed by atoms with Crippen molar-refractivity contribution in [2.24, 2.45) is 0 Å². The van der Waals surface area contributed by atoms with Gasteiger partial charge in [-0.1, -0.05) is 6.08 Å². The van der Waals surface area contributed by atoms with E-state index in [2.05, 4.69) is 5.10 Å². The van der Waals surface area contributed by atoms with Crippen LogP contribution in [0.15, 0.2) is 48.1 Å². The van der Waals surface area contributed by atoms with Crippen molar-refractivity contribution in [3.8, 4) is 17.0 Å². The number of carbonyl (C=O) groups is 2. The molecule has 0 saturated heterocycles. The molecular formula is C23H27N3O5. The van der Waals surface area contributed by atoms with E-state index in [0.717, 1.165) is 11.3 Å². The standard InChI is InChI=1S/C23H27N3O5/c1-6-19(13-15(2)23(24)29-5)26-22(14-21(25-26)16(3)27)18-7-9-20(10-8-18)31-12-11-30-17(4)28/h6-10,13-14,24H,11-12H2,1-5H3/b15-13-,19-6+,24-23?. The molecule has 31 heavy (non-hydrogen) atoms. The Morgan fingerprint density at radius 2 is 1.81 bits per heavy atom. The highest BCUT2D eigenvalue weighted by Crippen LogP contribution is 2.27. The maximum Gasteiger partial charge on any atom is 0.302 e. The molecule has 0 aliphatic heterocycles. The SMILES string of the molecule is C/C=C(\C=C(\C)C(=N)OC)n1nc(C(C)=O)cc1-c1ccc(OCCOC(C)=O)cc1. The number of carbonyl (C=O) groups excluding carboxylic acids is 2. The predicted molar refractivity (Wildman–Crippen MR) is 118 cm³/mol. The molecule has 0 aliphatic carbocycles. The quantitative estimate of drug-likeness (QED) is 0.162. The summed E-state index contributed by atoms with van der Waals surface area (Å²) in [5, 5.41) is 12.3. The van der Waals surface area contributed by atoms with E-state index >= 15 is 0 Å². The number of nitrogens with one attached hydrogen (secondary N) is 1. The van der Waals surface area contributed by atoms with E-state index in [1.807, 2.05) is 25.1 Å². The van der Waals surface area contributed by atoms with Gasteiger partial charge in [0.1, 0.15) is 24.7 Å². The molecule has 8 heteroatoms. The molecule has 2 aromatic rings. The number of benzene rings is 1. The molecule has 0 spiro atoms. The Kier molecular flexibility index (Phi) is 8.31.